The number of aromatic nitrogens is 1. The van der Waals surface area contributed by atoms with Gasteiger partial charge in [0.05, 0.1) is 11.6 Å². The van der Waals surface area contributed by atoms with Crippen molar-refractivity contribution in [3.63, 3.8) is 0 Å². The zero-order valence-electron chi connectivity index (χ0n) is 17.6. The van der Waals surface area contributed by atoms with Crippen molar-refractivity contribution < 1.29 is 14.4 Å². The fourth-order valence-electron chi connectivity index (χ4n) is 3.74. The quantitative estimate of drug-likeness (QED) is 0.591. The molecule has 4 rings (SSSR count). The molecule has 1 atom stereocenters. The van der Waals surface area contributed by atoms with Gasteiger partial charge in [-0.25, -0.2) is 4.98 Å². The summed E-state index contributed by atoms with van der Waals surface area (Å²) < 4.78 is 0. The van der Waals surface area contributed by atoms with E-state index < -0.39 is 0 Å². The number of carbonyl (C=O) groups excluding carboxylic acids is 3. The van der Waals surface area contributed by atoms with Gasteiger partial charge >= 0.3 is 0 Å². The van der Waals surface area contributed by atoms with Crippen LogP contribution in [-0.2, 0) is 16.0 Å². The van der Waals surface area contributed by atoms with Crippen LogP contribution in [0.1, 0.15) is 38.5 Å². The lowest BCUT2D eigenvalue weighted by Crippen LogP contribution is -2.22. The molecule has 0 aliphatic carbocycles. The lowest BCUT2D eigenvalue weighted by molar-refractivity contribution is -0.125. The molecule has 1 aromatic heterocycles. The first-order chi connectivity index (χ1) is 14.8. The van der Waals surface area contributed by atoms with Crippen LogP contribution in [0.15, 0.2) is 42.5 Å². The van der Waals surface area contributed by atoms with Crippen LogP contribution in [0.25, 0.3) is 10.6 Å². The second-order valence-corrected chi connectivity index (χ2v) is 8.92. The molecule has 1 fully saturated rings. The summed E-state index contributed by atoms with van der Waals surface area (Å²) in [6.07, 6.45) is 0.726. The van der Waals surface area contributed by atoms with Crippen LogP contribution in [0.2, 0.25) is 0 Å². The number of benzene rings is 2. The molecule has 0 bridgehead atoms. The van der Waals surface area contributed by atoms with Gasteiger partial charge in [0.25, 0.3) is 5.91 Å². The third-order valence-corrected chi connectivity index (χ3v) is 6.56. The summed E-state index contributed by atoms with van der Waals surface area (Å²) in [5.41, 5.74) is 5.67. The molecule has 6 nitrogen and oxygen atoms in total. The molecule has 158 valence electrons. The van der Waals surface area contributed by atoms with Crippen LogP contribution in [0.3, 0.4) is 0 Å². The number of hydrogen-bond acceptors (Lipinski definition) is 5. The van der Waals surface area contributed by atoms with Crippen molar-refractivity contribution in [2.24, 2.45) is 5.92 Å². The number of carbonyl (C=O) groups is 3. The molecule has 0 saturated carbocycles. The molecule has 1 saturated heterocycles. The van der Waals surface area contributed by atoms with E-state index in [4.69, 9.17) is 0 Å². The first-order valence-corrected chi connectivity index (χ1v) is 10.9. The molecule has 2 heterocycles. The standard InChI is InChI=1S/C24H23N3O3S/c1-13-4-9-19(14(2)10-13)24-25-15(3)21(31-24)23(30)26-18-7-5-16(6-8-18)11-17-12-20(28)27-22(17)29/h4-10,17H,11-12H2,1-3H3,(H,26,30)(H,27,28,29). The van der Waals surface area contributed by atoms with E-state index >= 15 is 0 Å². The van der Waals surface area contributed by atoms with Crippen LogP contribution in [0, 0.1) is 26.7 Å². The number of hydrogen-bond donors (Lipinski definition) is 2. The molecule has 0 radical (unpaired) electrons. The average Bonchev–Trinajstić information content (AvgIpc) is 3.24. The minimum atomic E-state index is -0.323. The van der Waals surface area contributed by atoms with Crippen molar-refractivity contribution in [1.29, 1.82) is 0 Å². The van der Waals surface area contributed by atoms with E-state index in [-0.39, 0.29) is 30.1 Å². The highest BCUT2D eigenvalue weighted by atomic mass is 32.1. The van der Waals surface area contributed by atoms with Crippen LogP contribution in [0.5, 0.6) is 0 Å². The molecule has 2 N–H and O–H groups in total. The Labute approximate surface area is 184 Å². The Morgan fingerprint density at radius 2 is 1.87 bits per heavy atom. The Bertz CT molecular complexity index is 1180. The highest BCUT2D eigenvalue weighted by Gasteiger charge is 2.30. The lowest BCUT2D eigenvalue weighted by Gasteiger charge is -2.08. The van der Waals surface area contributed by atoms with Crippen molar-refractivity contribution in [3.8, 4) is 10.6 Å². The maximum absolute atomic E-state index is 12.8. The molecule has 31 heavy (non-hydrogen) atoms. The van der Waals surface area contributed by atoms with Crippen LogP contribution < -0.4 is 10.6 Å². The zero-order chi connectivity index (χ0) is 22.1. The Morgan fingerprint density at radius 1 is 1.13 bits per heavy atom. The SMILES string of the molecule is Cc1ccc(-c2nc(C)c(C(=O)Nc3ccc(CC4CC(=O)NC4=O)cc3)s2)c(C)c1. The molecule has 2 aromatic carbocycles. The predicted molar refractivity (Wildman–Crippen MR) is 121 cm³/mol. The molecule has 1 aliphatic heterocycles. The molecule has 1 aliphatic rings. The lowest BCUT2D eigenvalue weighted by atomic mass is 9.98. The van der Waals surface area contributed by atoms with Crippen molar-refractivity contribution >= 4 is 34.7 Å². The highest BCUT2D eigenvalue weighted by Crippen LogP contribution is 2.31. The minimum Gasteiger partial charge on any atom is -0.321 e. The molecule has 0 spiro atoms. The fraction of sp³-hybridized carbons (Fsp3) is 0.250. The van der Waals surface area contributed by atoms with Crippen LogP contribution in [0.4, 0.5) is 5.69 Å². The van der Waals surface area contributed by atoms with Gasteiger partial charge in [-0.3, -0.25) is 19.7 Å². The van der Waals surface area contributed by atoms with E-state index in [1.807, 2.05) is 50.2 Å². The summed E-state index contributed by atoms with van der Waals surface area (Å²) in [5, 5.41) is 6.08. The third-order valence-electron chi connectivity index (χ3n) is 5.37. The molecular formula is C24H23N3O3S. The first kappa shape index (κ1) is 20.9. The van der Waals surface area contributed by atoms with Gasteiger partial charge in [-0.05, 0) is 50.5 Å². The van der Waals surface area contributed by atoms with Gasteiger partial charge in [0.15, 0.2) is 0 Å². The van der Waals surface area contributed by atoms with Gasteiger partial charge in [0.1, 0.15) is 9.88 Å². The number of thiazole rings is 1. The molecule has 7 heteroatoms. The summed E-state index contributed by atoms with van der Waals surface area (Å²) in [5.74, 6) is -0.961. The van der Waals surface area contributed by atoms with Crippen LogP contribution >= 0.6 is 11.3 Å². The Morgan fingerprint density at radius 3 is 2.52 bits per heavy atom. The number of aryl methyl sites for hydroxylation is 3. The molecular weight excluding hydrogens is 410 g/mol. The average molecular weight is 434 g/mol. The molecule has 3 aromatic rings. The van der Waals surface area contributed by atoms with E-state index in [1.165, 1.54) is 16.9 Å². The fourth-order valence-corrected chi connectivity index (χ4v) is 4.80. The first-order valence-electron chi connectivity index (χ1n) is 10.1. The second-order valence-electron chi connectivity index (χ2n) is 7.92. The number of anilines is 1. The zero-order valence-corrected chi connectivity index (χ0v) is 18.4. The Kier molecular flexibility index (Phi) is 5.69. The second kappa shape index (κ2) is 8.43. The molecule has 1 unspecified atom stereocenters. The van der Waals surface area contributed by atoms with Gasteiger partial charge in [-0.15, -0.1) is 11.3 Å². The van der Waals surface area contributed by atoms with Gasteiger partial charge in [-0.2, -0.15) is 0 Å². The van der Waals surface area contributed by atoms with E-state index in [9.17, 15) is 14.4 Å². The Hall–Kier alpha value is -3.32. The number of amides is 3. The van der Waals surface area contributed by atoms with Crippen molar-refractivity contribution in [2.45, 2.75) is 33.6 Å². The monoisotopic (exact) mass is 433 g/mol. The number of rotatable bonds is 5. The molecule has 3 amide bonds. The largest absolute Gasteiger partial charge is 0.321 e. The number of nitrogens with one attached hydrogen (secondary N) is 2. The van der Waals surface area contributed by atoms with Gasteiger partial charge in [0, 0.05) is 17.7 Å². The number of nitrogens with zero attached hydrogens (tertiary/aromatic N) is 1. The smallest absolute Gasteiger partial charge is 0.267 e. The Balaban J connectivity index is 1.45. The van der Waals surface area contributed by atoms with E-state index in [1.54, 1.807) is 0 Å². The van der Waals surface area contributed by atoms with Gasteiger partial charge in [-0.1, -0.05) is 35.9 Å². The topological polar surface area (TPSA) is 88.2 Å². The summed E-state index contributed by atoms with van der Waals surface area (Å²) in [6.45, 7) is 5.94. The predicted octanol–water partition coefficient (Wildman–Crippen LogP) is 4.19. The van der Waals surface area contributed by atoms with Crippen molar-refractivity contribution in [1.82, 2.24) is 10.3 Å². The van der Waals surface area contributed by atoms with Gasteiger partial charge < -0.3 is 5.32 Å². The summed E-state index contributed by atoms with van der Waals surface area (Å²) in [7, 11) is 0. The summed E-state index contributed by atoms with van der Waals surface area (Å²) in [4.78, 5) is 41.1. The van der Waals surface area contributed by atoms with Crippen molar-refractivity contribution in [2.75, 3.05) is 5.32 Å². The highest BCUT2D eigenvalue weighted by molar-refractivity contribution is 7.17. The number of imide groups is 1. The minimum absolute atomic E-state index is 0.195. The van der Waals surface area contributed by atoms with Crippen LogP contribution in [-0.4, -0.2) is 22.7 Å². The maximum Gasteiger partial charge on any atom is 0.267 e. The van der Waals surface area contributed by atoms with E-state index in [0.29, 0.717) is 22.7 Å². The van der Waals surface area contributed by atoms with Gasteiger partial charge in [0.2, 0.25) is 11.8 Å². The maximum atomic E-state index is 12.8. The summed E-state index contributed by atoms with van der Waals surface area (Å²) in [6, 6.07) is 13.6. The third kappa shape index (κ3) is 4.56. The summed E-state index contributed by atoms with van der Waals surface area (Å²) >= 11 is 1.39. The normalized spacial score (nSPS) is 15.8. The van der Waals surface area contributed by atoms with E-state index in [2.05, 4.69) is 28.6 Å². The van der Waals surface area contributed by atoms with E-state index in [0.717, 1.165) is 21.7 Å². The van der Waals surface area contributed by atoms with Crippen molar-refractivity contribution in [3.05, 3.63) is 69.7 Å².